The third-order valence-electron chi connectivity index (χ3n) is 3.47. The molecule has 0 aliphatic carbocycles. The number of aliphatic hydroxyl groups excluding tert-OH is 1. The summed E-state index contributed by atoms with van der Waals surface area (Å²) in [6.07, 6.45) is 2.88. The number of rotatable bonds is 9. The van der Waals surface area contributed by atoms with Gasteiger partial charge in [0.05, 0.1) is 19.8 Å². The average molecular weight is 338 g/mol. The van der Waals surface area contributed by atoms with E-state index in [1.165, 1.54) is 30.4 Å². The van der Waals surface area contributed by atoms with Crippen molar-refractivity contribution in [3.05, 3.63) is 47.8 Å². The van der Waals surface area contributed by atoms with Crippen LogP contribution in [0, 0.1) is 11.2 Å². The summed E-state index contributed by atoms with van der Waals surface area (Å²) in [4.78, 5) is 25.1. The minimum Gasteiger partial charge on any atom is -0.465 e. The predicted molar refractivity (Wildman–Crippen MR) is 86.6 cm³/mol. The molecule has 1 rings (SSSR count). The molecule has 1 N–H and O–H groups in total. The Morgan fingerprint density at radius 2 is 1.79 bits per heavy atom. The number of carbonyl (C=O) groups excluding carboxylic acids is 2. The van der Waals surface area contributed by atoms with Gasteiger partial charge < -0.3 is 14.6 Å². The Balaban J connectivity index is 3.28. The number of esters is 2. The summed E-state index contributed by atoms with van der Waals surface area (Å²) in [6.45, 7) is 3.26. The number of aliphatic hydroxyl groups is 1. The van der Waals surface area contributed by atoms with Crippen LogP contribution in [0.1, 0.15) is 25.8 Å². The monoisotopic (exact) mass is 338 g/mol. The van der Waals surface area contributed by atoms with Gasteiger partial charge in [0.2, 0.25) is 0 Å². The van der Waals surface area contributed by atoms with Crippen molar-refractivity contribution in [1.82, 2.24) is 0 Å². The van der Waals surface area contributed by atoms with E-state index in [2.05, 4.69) is 0 Å². The van der Waals surface area contributed by atoms with Crippen LogP contribution in [0.25, 0.3) is 0 Å². The molecule has 1 aromatic rings. The maximum atomic E-state index is 13.5. The van der Waals surface area contributed by atoms with Crippen molar-refractivity contribution in [2.45, 2.75) is 26.7 Å². The van der Waals surface area contributed by atoms with Crippen LogP contribution < -0.4 is 0 Å². The van der Waals surface area contributed by atoms with Crippen LogP contribution in [0.2, 0.25) is 0 Å². The quantitative estimate of drug-likeness (QED) is 0.425. The molecule has 0 atom stereocenters. The first-order valence-corrected chi connectivity index (χ1v) is 7.85. The van der Waals surface area contributed by atoms with Crippen LogP contribution in [0.5, 0.6) is 0 Å². The van der Waals surface area contributed by atoms with E-state index in [4.69, 9.17) is 14.6 Å². The molecule has 0 aliphatic heterocycles. The van der Waals surface area contributed by atoms with Crippen LogP contribution in [0.4, 0.5) is 4.39 Å². The highest BCUT2D eigenvalue weighted by atomic mass is 19.1. The van der Waals surface area contributed by atoms with Crippen molar-refractivity contribution >= 4 is 11.9 Å². The standard InChI is InChI=1S/C18H23FO5/c1-3-23-16(21)18(10-5-6-11-20,17(22)24-4-2)13-14-8-7-9-15(19)12-14/h5-9,12,20H,3-4,10-11,13H2,1-2H3/b6-5-. The van der Waals surface area contributed by atoms with Gasteiger partial charge in [0.1, 0.15) is 5.82 Å². The Morgan fingerprint density at radius 1 is 1.17 bits per heavy atom. The van der Waals surface area contributed by atoms with Gasteiger partial charge in [0.15, 0.2) is 5.41 Å². The van der Waals surface area contributed by atoms with Crippen LogP contribution in [-0.4, -0.2) is 36.9 Å². The second-order valence-corrected chi connectivity index (χ2v) is 5.19. The zero-order valence-electron chi connectivity index (χ0n) is 14.0. The first-order valence-electron chi connectivity index (χ1n) is 7.85. The normalized spacial score (nSPS) is 11.5. The summed E-state index contributed by atoms with van der Waals surface area (Å²) in [5.41, 5.74) is -1.14. The summed E-state index contributed by atoms with van der Waals surface area (Å²) >= 11 is 0. The molecule has 0 saturated heterocycles. The third-order valence-corrected chi connectivity index (χ3v) is 3.47. The van der Waals surface area contributed by atoms with Crippen molar-refractivity contribution in [2.75, 3.05) is 19.8 Å². The second kappa shape index (κ2) is 9.82. The maximum absolute atomic E-state index is 13.5. The Hall–Kier alpha value is -2.21. The molecular weight excluding hydrogens is 315 g/mol. The topological polar surface area (TPSA) is 72.8 Å². The van der Waals surface area contributed by atoms with Gasteiger partial charge in [0.25, 0.3) is 0 Å². The van der Waals surface area contributed by atoms with Crippen LogP contribution in [-0.2, 0) is 25.5 Å². The molecule has 0 saturated carbocycles. The fourth-order valence-corrected chi connectivity index (χ4v) is 2.36. The lowest BCUT2D eigenvalue weighted by atomic mass is 9.78. The van der Waals surface area contributed by atoms with Crippen molar-refractivity contribution in [1.29, 1.82) is 0 Å². The van der Waals surface area contributed by atoms with Crippen LogP contribution in [0.3, 0.4) is 0 Å². The molecule has 5 nitrogen and oxygen atoms in total. The molecule has 0 amide bonds. The lowest BCUT2D eigenvalue weighted by Gasteiger charge is -2.28. The van der Waals surface area contributed by atoms with Gasteiger partial charge in [-0.1, -0.05) is 24.3 Å². The Labute approximate surface area is 141 Å². The minimum atomic E-state index is -1.62. The molecule has 0 fully saturated rings. The van der Waals surface area contributed by atoms with E-state index in [1.807, 2.05) is 0 Å². The van der Waals surface area contributed by atoms with Gasteiger partial charge in [-0.15, -0.1) is 0 Å². The van der Waals surface area contributed by atoms with Crippen molar-refractivity contribution in [3.8, 4) is 0 Å². The SMILES string of the molecule is CCOC(=O)C(C/C=C\CO)(Cc1cccc(F)c1)C(=O)OCC. The van der Waals surface area contributed by atoms with E-state index in [0.717, 1.165) is 0 Å². The molecule has 1 aromatic carbocycles. The summed E-state index contributed by atoms with van der Waals surface area (Å²) < 4.78 is 23.6. The zero-order valence-corrected chi connectivity index (χ0v) is 14.0. The molecule has 0 radical (unpaired) electrons. The predicted octanol–water partition coefficient (Wildman–Crippen LogP) is 2.42. The first-order chi connectivity index (χ1) is 11.5. The van der Waals surface area contributed by atoms with E-state index in [-0.39, 0.29) is 32.7 Å². The molecule has 0 heterocycles. The van der Waals surface area contributed by atoms with Crippen molar-refractivity contribution in [3.63, 3.8) is 0 Å². The van der Waals surface area contributed by atoms with Gasteiger partial charge in [-0.2, -0.15) is 0 Å². The highest BCUT2D eigenvalue weighted by Crippen LogP contribution is 2.32. The number of hydrogen-bond acceptors (Lipinski definition) is 5. The molecular formula is C18H23FO5. The molecule has 24 heavy (non-hydrogen) atoms. The Bertz CT molecular complexity index is 565. The van der Waals surface area contributed by atoms with Gasteiger partial charge >= 0.3 is 11.9 Å². The lowest BCUT2D eigenvalue weighted by Crippen LogP contribution is -2.43. The van der Waals surface area contributed by atoms with E-state index in [9.17, 15) is 14.0 Å². The summed E-state index contributed by atoms with van der Waals surface area (Å²) in [5.74, 6) is -1.91. The Kier molecular flexibility index (Phi) is 8.12. The van der Waals surface area contributed by atoms with E-state index in [1.54, 1.807) is 19.9 Å². The summed E-state index contributed by atoms with van der Waals surface area (Å²) in [5, 5.41) is 8.90. The number of ether oxygens (including phenoxy) is 2. The molecule has 6 heteroatoms. The van der Waals surface area contributed by atoms with E-state index in [0.29, 0.717) is 5.56 Å². The summed E-state index contributed by atoms with van der Waals surface area (Å²) in [6, 6.07) is 5.69. The maximum Gasteiger partial charge on any atom is 0.324 e. The minimum absolute atomic E-state index is 0.0122. The van der Waals surface area contributed by atoms with Gasteiger partial charge in [0, 0.05) is 0 Å². The van der Waals surface area contributed by atoms with Crippen molar-refractivity contribution in [2.24, 2.45) is 5.41 Å². The van der Waals surface area contributed by atoms with Gasteiger partial charge in [-0.05, 0) is 44.4 Å². The van der Waals surface area contributed by atoms with Crippen LogP contribution in [0.15, 0.2) is 36.4 Å². The number of allylic oxidation sites excluding steroid dienone is 1. The highest BCUT2D eigenvalue weighted by molar-refractivity contribution is 6.00. The fraction of sp³-hybridized carbons (Fsp3) is 0.444. The molecule has 0 unspecified atom stereocenters. The number of benzene rings is 1. The van der Waals surface area contributed by atoms with E-state index >= 15 is 0 Å². The van der Waals surface area contributed by atoms with Gasteiger partial charge in [-0.3, -0.25) is 9.59 Å². The smallest absolute Gasteiger partial charge is 0.324 e. The first kappa shape index (κ1) is 19.8. The largest absolute Gasteiger partial charge is 0.465 e. The third kappa shape index (κ3) is 5.16. The number of carbonyl (C=O) groups is 2. The number of hydrogen-bond donors (Lipinski definition) is 1. The second-order valence-electron chi connectivity index (χ2n) is 5.19. The zero-order chi connectivity index (χ0) is 18.0. The van der Waals surface area contributed by atoms with Gasteiger partial charge in [-0.25, -0.2) is 4.39 Å². The molecule has 0 aliphatic rings. The highest BCUT2D eigenvalue weighted by Gasteiger charge is 2.48. The average Bonchev–Trinajstić information content (AvgIpc) is 2.54. The number of halogens is 1. The molecule has 132 valence electrons. The molecule has 0 bridgehead atoms. The lowest BCUT2D eigenvalue weighted by molar-refractivity contribution is -0.171. The van der Waals surface area contributed by atoms with Crippen molar-refractivity contribution < 1.29 is 28.6 Å². The molecule has 0 spiro atoms. The molecule has 0 aromatic heterocycles. The van der Waals surface area contributed by atoms with E-state index < -0.39 is 23.2 Å². The Morgan fingerprint density at radius 3 is 2.29 bits per heavy atom. The van der Waals surface area contributed by atoms with Crippen LogP contribution >= 0.6 is 0 Å². The fourth-order valence-electron chi connectivity index (χ4n) is 2.36. The summed E-state index contributed by atoms with van der Waals surface area (Å²) in [7, 11) is 0.